The van der Waals surface area contributed by atoms with E-state index in [1.54, 1.807) is 24.3 Å². The molecule has 5 nitrogen and oxygen atoms in total. The minimum absolute atomic E-state index is 0.0697. The first-order valence-corrected chi connectivity index (χ1v) is 9.89. The number of anilines is 1. The Morgan fingerprint density at radius 2 is 1.61 bits per heavy atom. The third-order valence-electron chi connectivity index (χ3n) is 4.97. The molecule has 0 aromatic heterocycles. The summed E-state index contributed by atoms with van der Waals surface area (Å²) < 4.78 is 0. The zero-order chi connectivity index (χ0) is 20.5. The van der Waals surface area contributed by atoms with E-state index in [0.29, 0.717) is 24.2 Å². The van der Waals surface area contributed by atoms with Crippen molar-refractivity contribution in [3.63, 3.8) is 0 Å². The molecule has 0 spiro atoms. The van der Waals surface area contributed by atoms with Gasteiger partial charge in [0.25, 0.3) is 5.91 Å². The minimum atomic E-state index is -0.0971. The van der Waals surface area contributed by atoms with Crippen molar-refractivity contribution in [3.8, 4) is 0 Å². The molecule has 2 aromatic carbocycles. The summed E-state index contributed by atoms with van der Waals surface area (Å²) in [6, 6.07) is 13.0. The van der Waals surface area contributed by atoms with Gasteiger partial charge in [0.15, 0.2) is 0 Å². The molecule has 0 aliphatic rings. The Kier molecular flexibility index (Phi) is 8.20. The van der Waals surface area contributed by atoms with E-state index in [1.165, 1.54) is 11.1 Å². The van der Waals surface area contributed by atoms with Crippen LogP contribution in [0.5, 0.6) is 0 Å². The number of likely N-dealkylation sites (N-methyl/N-ethyl adjacent to an activating group) is 1. The average molecular weight is 382 g/mol. The molecule has 0 atom stereocenters. The van der Waals surface area contributed by atoms with Gasteiger partial charge in [-0.15, -0.1) is 0 Å². The smallest absolute Gasteiger partial charge is 0.251 e. The summed E-state index contributed by atoms with van der Waals surface area (Å²) in [5, 5.41) is 5.82. The van der Waals surface area contributed by atoms with Crippen LogP contribution in [-0.2, 0) is 11.2 Å². The highest BCUT2D eigenvalue weighted by Gasteiger charge is 2.08. The Bertz CT molecular complexity index is 796. The van der Waals surface area contributed by atoms with E-state index in [2.05, 4.69) is 36.3 Å². The first kappa shape index (κ1) is 21.6. The number of carbonyl (C=O) groups is 2. The number of amides is 2. The van der Waals surface area contributed by atoms with Crippen LogP contribution in [0.4, 0.5) is 5.69 Å². The van der Waals surface area contributed by atoms with Crippen molar-refractivity contribution in [3.05, 3.63) is 64.7 Å². The normalized spacial score (nSPS) is 10.8. The monoisotopic (exact) mass is 381 g/mol. The summed E-state index contributed by atoms with van der Waals surface area (Å²) in [5.41, 5.74) is 4.67. The molecular weight excluding hydrogens is 350 g/mol. The van der Waals surface area contributed by atoms with Crippen molar-refractivity contribution in [1.29, 1.82) is 0 Å². The Morgan fingerprint density at radius 3 is 2.21 bits per heavy atom. The Labute approximate surface area is 168 Å². The summed E-state index contributed by atoms with van der Waals surface area (Å²) in [7, 11) is 0. The van der Waals surface area contributed by atoms with E-state index in [9.17, 15) is 9.59 Å². The van der Waals surface area contributed by atoms with Crippen LogP contribution in [0.1, 0.15) is 40.9 Å². The van der Waals surface area contributed by atoms with Gasteiger partial charge >= 0.3 is 0 Å². The maximum atomic E-state index is 12.3. The average Bonchev–Trinajstić information content (AvgIpc) is 2.68. The molecule has 2 amide bonds. The van der Waals surface area contributed by atoms with Gasteiger partial charge in [-0.05, 0) is 67.9 Å². The summed E-state index contributed by atoms with van der Waals surface area (Å²) in [4.78, 5) is 26.7. The van der Waals surface area contributed by atoms with Gasteiger partial charge in [-0.3, -0.25) is 9.59 Å². The van der Waals surface area contributed by atoms with Crippen LogP contribution in [-0.4, -0.2) is 42.9 Å². The molecule has 0 aliphatic carbocycles. The largest absolute Gasteiger partial charge is 0.351 e. The zero-order valence-electron chi connectivity index (χ0n) is 17.3. The second-order valence-corrected chi connectivity index (χ2v) is 7.00. The fraction of sp³-hybridized carbons (Fsp3) is 0.391. The van der Waals surface area contributed by atoms with Gasteiger partial charge in [0.1, 0.15) is 0 Å². The molecule has 0 heterocycles. The fourth-order valence-corrected chi connectivity index (χ4v) is 2.98. The summed E-state index contributed by atoms with van der Waals surface area (Å²) in [6.07, 6.45) is 0.328. The lowest BCUT2D eigenvalue weighted by Crippen LogP contribution is -2.34. The third kappa shape index (κ3) is 6.50. The standard InChI is InChI=1S/C23H31N3O2/c1-5-26(6-2)14-13-24-23(28)20-9-11-21(12-10-20)25-22(27)16-19-8-7-17(3)18(4)15-19/h7-12,15H,5-6,13-14,16H2,1-4H3,(H,24,28)(H,25,27). The molecule has 28 heavy (non-hydrogen) atoms. The highest BCUT2D eigenvalue weighted by molar-refractivity contribution is 5.96. The van der Waals surface area contributed by atoms with Crippen LogP contribution in [0.2, 0.25) is 0 Å². The van der Waals surface area contributed by atoms with Gasteiger partial charge in [-0.25, -0.2) is 0 Å². The lowest BCUT2D eigenvalue weighted by Gasteiger charge is -2.18. The summed E-state index contributed by atoms with van der Waals surface area (Å²) in [5.74, 6) is -0.167. The zero-order valence-corrected chi connectivity index (χ0v) is 17.3. The van der Waals surface area contributed by atoms with Gasteiger partial charge in [0.2, 0.25) is 5.91 Å². The molecule has 0 bridgehead atoms. The molecule has 0 radical (unpaired) electrons. The van der Waals surface area contributed by atoms with Crippen LogP contribution in [0, 0.1) is 13.8 Å². The van der Waals surface area contributed by atoms with Crippen molar-refractivity contribution in [2.24, 2.45) is 0 Å². The number of rotatable bonds is 9. The molecule has 0 saturated heterocycles. The van der Waals surface area contributed by atoms with Gasteiger partial charge in [-0.1, -0.05) is 32.0 Å². The molecule has 0 unspecified atom stereocenters. The molecule has 2 N–H and O–H groups in total. The SMILES string of the molecule is CCN(CC)CCNC(=O)c1ccc(NC(=O)Cc2ccc(C)c(C)c2)cc1. The molecule has 2 rings (SSSR count). The number of hydrogen-bond donors (Lipinski definition) is 2. The highest BCUT2D eigenvalue weighted by atomic mass is 16.2. The van der Waals surface area contributed by atoms with Crippen LogP contribution >= 0.6 is 0 Å². The van der Waals surface area contributed by atoms with Crippen molar-refractivity contribution >= 4 is 17.5 Å². The number of benzene rings is 2. The molecule has 0 aliphatic heterocycles. The topological polar surface area (TPSA) is 61.4 Å². The molecular formula is C23H31N3O2. The maximum Gasteiger partial charge on any atom is 0.251 e. The predicted molar refractivity (Wildman–Crippen MR) is 115 cm³/mol. The maximum absolute atomic E-state index is 12.3. The minimum Gasteiger partial charge on any atom is -0.351 e. The van der Waals surface area contributed by atoms with E-state index >= 15 is 0 Å². The van der Waals surface area contributed by atoms with E-state index in [1.807, 2.05) is 25.1 Å². The molecule has 150 valence electrons. The van der Waals surface area contributed by atoms with Crippen molar-refractivity contribution in [2.45, 2.75) is 34.1 Å². The number of carbonyl (C=O) groups excluding carboxylic acids is 2. The Hall–Kier alpha value is -2.66. The van der Waals surface area contributed by atoms with Crippen LogP contribution in [0.25, 0.3) is 0 Å². The second kappa shape index (κ2) is 10.6. The number of nitrogens with one attached hydrogen (secondary N) is 2. The first-order chi connectivity index (χ1) is 13.4. The Balaban J connectivity index is 1.85. The van der Waals surface area contributed by atoms with E-state index in [0.717, 1.165) is 25.2 Å². The molecule has 2 aromatic rings. The highest BCUT2D eigenvalue weighted by Crippen LogP contribution is 2.13. The quantitative estimate of drug-likeness (QED) is 0.698. The molecule has 5 heteroatoms. The predicted octanol–water partition coefficient (Wildman–Crippen LogP) is 3.56. The Morgan fingerprint density at radius 1 is 0.929 bits per heavy atom. The molecule has 0 saturated carbocycles. The lowest BCUT2D eigenvalue weighted by molar-refractivity contribution is -0.115. The number of aryl methyl sites for hydroxylation is 2. The summed E-state index contributed by atoms with van der Waals surface area (Å²) >= 11 is 0. The van der Waals surface area contributed by atoms with E-state index < -0.39 is 0 Å². The van der Waals surface area contributed by atoms with Gasteiger partial charge in [0.05, 0.1) is 6.42 Å². The van der Waals surface area contributed by atoms with Crippen LogP contribution < -0.4 is 10.6 Å². The van der Waals surface area contributed by atoms with Crippen molar-refractivity contribution in [2.75, 3.05) is 31.5 Å². The summed E-state index contributed by atoms with van der Waals surface area (Å²) in [6.45, 7) is 11.7. The molecule has 0 fully saturated rings. The third-order valence-corrected chi connectivity index (χ3v) is 4.97. The van der Waals surface area contributed by atoms with Crippen molar-refractivity contribution in [1.82, 2.24) is 10.2 Å². The number of hydrogen-bond acceptors (Lipinski definition) is 3. The van der Waals surface area contributed by atoms with Crippen LogP contribution in [0.15, 0.2) is 42.5 Å². The van der Waals surface area contributed by atoms with E-state index in [-0.39, 0.29) is 11.8 Å². The van der Waals surface area contributed by atoms with Crippen molar-refractivity contribution < 1.29 is 9.59 Å². The first-order valence-electron chi connectivity index (χ1n) is 9.89. The lowest BCUT2D eigenvalue weighted by atomic mass is 10.0. The van der Waals surface area contributed by atoms with Gasteiger partial charge in [-0.2, -0.15) is 0 Å². The van der Waals surface area contributed by atoms with Gasteiger partial charge in [0, 0.05) is 24.3 Å². The fourth-order valence-electron chi connectivity index (χ4n) is 2.98. The second-order valence-electron chi connectivity index (χ2n) is 7.00. The number of nitrogens with zero attached hydrogens (tertiary/aromatic N) is 1. The van der Waals surface area contributed by atoms with E-state index in [4.69, 9.17) is 0 Å². The van der Waals surface area contributed by atoms with Gasteiger partial charge < -0.3 is 15.5 Å². The van der Waals surface area contributed by atoms with Crippen LogP contribution in [0.3, 0.4) is 0 Å².